The maximum Gasteiger partial charge on any atom is 0.263 e. The second-order valence-electron chi connectivity index (χ2n) is 8.09. The lowest BCUT2D eigenvalue weighted by Gasteiger charge is -2.19. The van der Waals surface area contributed by atoms with Crippen LogP contribution in [0.25, 0.3) is 11.0 Å². The highest BCUT2D eigenvalue weighted by Gasteiger charge is 2.20. The molecule has 3 aromatic rings. The molecule has 8 heteroatoms. The van der Waals surface area contributed by atoms with Crippen molar-refractivity contribution in [3.8, 4) is 0 Å². The predicted octanol–water partition coefficient (Wildman–Crippen LogP) is 3.25. The summed E-state index contributed by atoms with van der Waals surface area (Å²) in [4.78, 5) is 26.0. The van der Waals surface area contributed by atoms with Gasteiger partial charge in [0.25, 0.3) is 5.56 Å². The van der Waals surface area contributed by atoms with Gasteiger partial charge in [-0.3, -0.25) is 9.78 Å². The van der Waals surface area contributed by atoms with Gasteiger partial charge in [-0.25, -0.2) is 9.67 Å². The van der Waals surface area contributed by atoms with Crippen LogP contribution in [0.15, 0.2) is 11.0 Å². The molecule has 3 aromatic heterocycles. The Bertz CT molecular complexity index is 986. The molecule has 0 saturated carbocycles. The minimum absolute atomic E-state index is 0.161. The third-order valence-corrected chi connectivity index (χ3v) is 6.04. The number of hydrogen-bond acceptors (Lipinski definition) is 6. The molecule has 7 nitrogen and oxygen atoms in total. The van der Waals surface area contributed by atoms with Crippen LogP contribution in [0.2, 0.25) is 0 Å². The van der Waals surface area contributed by atoms with Gasteiger partial charge < -0.3 is 5.32 Å². The van der Waals surface area contributed by atoms with E-state index in [4.69, 9.17) is 4.98 Å². The number of fused-ring (bicyclic) bond motifs is 2. The van der Waals surface area contributed by atoms with E-state index in [1.54, 1.807) is 10.9 Å². The first-order valence-electron chi connectivity index (χ1n) is 9.62. The van der Waals surface area contributed by atoms with Crippen LogP contribution in [0.1, 0.15) is 55.6 Å². The number of aromatic amines is 1. The summed E-state index contributed by atoms with van der Waals surface area (Å²) in [6.07, 6.45) is 8.38. The van der Waals surface area contributed by atoms with Crippen LogP contribution in [0.5, 0.6) is 0 Å². The topological polar surface area (TPSA) is 88.5 Å². The molecule has 0 unspecified atom stereocenters. The number of thiazole rings is 1. The van der Waals surface area contributed by atoms with Crippen molar-refractivity contribution in [3.05, 3.63) is 32.1 Å². The van der Waals surface area contributed by atoms with Gasteiger partial charge in [0, 0.05) is 17.8 Å². The first-order valence-corrected chi connectivity index (χ1v) is 10.4. The van der Waals surface area contributed by atoms with E-state index in [-0.39, 0.29) is 11.1 Å². The van der Waals surface area contributed by atoms with E-state index in [9.17, 15) is 4.79 Å². The van der Waals surface area contributed by atoms with E-state index in [1.165, 1.54) is 34.8 Å². The van der Waals surface area contributed by atoms with Crippen molar-refractivity contribution in [2.75, 3.05) is 11.9 Å². The second-order valence-corrected chi connectivity index (χ2v) is 9.26. The maximum absolute atomic E-state index is 12.3. The molecule has 1 aliphatic rings. The molecule has 0 radical (unpaired) electrons. The lowest BCUT2D eigenvalue weighted by molar-refractivity contribution is 0.366. The second kappa shape index (κ2) is 7.07. The van der Waals surface area contributed by atoms with Gasteiger partial charge in [-0.1, -0.05) is 0 Å². The summed E-state index contributed by atoms with van der Waals surface area (Å²) in [6.45, 7) is 6.87. The van der Waals surface area contributed by atoms with Crippen molar-refractivity contribution < 1.29 is 0 Å². The zero-order chi connectivity index (χ0) is 19.0. The summed E-state index contributed by atoms with van der Waals surface area (Å²) in [5.41, 5.74) is 1.54. The van der Waals surface area contributed by atoms with Gasteiger partial charge in [-0.05, 0) is 52.9 Å². The smallest absolute Gasteiger partial charge is 0.263 e. The number of nitrogens with zero attached hydrogens (tertiary/aromatic N) is 4. The van der Waals surface area contributed by atoms with Crippen LogP contribution >= 0.6 is 11.3 Å². The molecule has 144 valence electrons. The van der Waals surface area contributed by atoms with Crippen LogP contribution < -0.4 is 10.9 Å². The normalized spacial score (nSPS) is 14.5. The molecular formula is C19H26N6OS. The molecule has 0 aromatic carbocycles. The zero-order valence-electron chi connectivity index (χ0n) is 16.1. The number of aromatic nitrogens is 5. The summed E-state index contributed by atoms with van der Waals surface area (Å²) in [7, 11) is 0. The molecule has 1 aliphatic carbocycles. The lowest BCUT2D eigenvalue weighted by Crippen LogP contribution is -2.24. The number of anilines is 1. The minimum atomic E-state index is -0.232. The molecule has 0 atom stereocenters. The van der Waals surface area contributed by atoms with Gasteiger partial charge in [-0.2, -0.15) is 10.1 Å². The van der Waals surface area contributed by atoms with E-state index in [0.717, 1.165) is 25.8 Å². The van der Waals surface area contributed by atoms with Crippen molar-refractivity contribution in [1.29, 1.82) is 0 Å². The van der Waals surface area contributed by atoms with Crippen LogP contribution in [-0.4, -0.2) is 31.3 Å². The Hall–Kier alpha value is -2.22. The van der Waals surface area contributed by atoms with E-state index in [0.29, 0.717) is 17.0 Å². The van der Waals surface area contributed by atoms with Crippen LogP contribution in [-0.2, 0) is 24.8 Å². The highest BCUT2D eigenvalue weighted by molar-refractivity contribution is 7.11. The maximum atomic E-state index is 12.3. The number of H-pyrrole nitrogens is 1. The van der Waals surface area contributed by atoms with Crippen LogP contribution in [0.3, 0.4) is 0 Å². The van der Waals surface area contributed by atoms with Crippen LogP contribution in [0, 0.1) is 0 Å². The third kappa shape index (κ3) is 3.76. The van der Waals surface area contributed by atoms with Gasteiger partial charge in [0.2, 0.25) is 5.95 Å². The summed E-state index contributed by atoms with van der Waals surface area (Å²) >= 11 is 1.87. The van der Waals surface area contributed by atoms with Gasteiger partial charge in [0.05, 0.1) is 22.4 Å². The fourth-order valence-electron chi connectivity index (χ4n) is 3.45. The molecule has 27 heavy (non-hydrogen) atoms. The Balaban J connectivity index is 1.41. The van der Waals surface area contributed by atoms with Gasteiger partial charge in [-0.15, -0.1) is 11.3 Å². The number of aryl methyl sites for hydroxylation is 3. The first-order chi connectivity index (χ1) is 12.9. The van der Waals surface area contributed by atoms with Gasteiger partial charge in [0.1, 0.15) is 5.39 Å². The van der Waals surface area contributed by atoms with E-state index < -0.39 is 0 Å². The van der Waals surface area contributed by atoms with Crippen molar-refractivity contribution in [2.24, 2.45) is 0 Å². The molecule has 0 bridgehead atoms. The van der Waals surface area contributed by atoms with Gasteiger partial charge in [0.15, 0.2) is 5.65 Å². The Morgan fingerprint density at radius 1 is 1.26 bits per heavy atom. The summed E-state index contributed by atoms with van der Waals surface area (Å²) < 4.78 is 1.79. The Labute approximate surface area is 162 Å². The number of nitrogens with one attached hydrogen (secondary N) is 2. The third-order valence-electron chi connectivity index (χ3n) is 4.82. The predicted molar refractivity (Wildman–Crippen MR) is 109 cm³/mol. The fraction of sp³-hybridized carbons (Fsp3) is 0.579. The first kappa shape index (κ1) is 18.2. The Morgan fingerprint density at radius 3 is 2.85 bits per heavy atom. The molecular weight excluding hydrogens is 360 g/mol. The largest absolute Gasteiger partial charge is 0.356 e. The van der Waals surface area contributed by atoms with E-state index in [1.807, 2.05) is 32.1 Å². The van der Waals surface area contributed by atoms with Gasteiger partial charge >= 0.3 is 0 Å². The highest BCUT2D eigenvalue weighted by atomic mass is 32.1. The molecule has 0 amide bonds. The Kier molecular flexibility index (Phi) is 4.75. The molecule has 0 aliphatic heterocycles. The monoisotopic (exact) mass is 386 g/mol. The molecule has 2 N–H and O–H groups in total. The quantitative estimate of drug-likeness (QED) is 0.657. The SMILES string of the molecule is CC(C)(C)n1ncc2c(=O)[nH]c(NCCCc3nc4c(s3)CCCC4)nc21. The molecule has 0 saturated heterocycles. The van der Waals surface area contributed by atoms with Crippen molar-refractivity contribution >= 4 is 28.3 Å². The molecule has 0 spiro atoms. The summed E-state index contributed by atoms with van der Waals surface area (Å²) in [5, 5.41) is 9.33. The summed E-state index contributed by atoms with van der Waals surface area (Å²) in [5.74, 6) is 0.497. The zero-order valence-corrected chi connectivity index (χ0v) is 16.9. The van der Waals surface area contributed by atoms with Crippen LogP contribution in [0.4, 0.5) is 5.95 Å². The van der Waals surface area contributed by atoms with Crippen molar-refractivity contribution in [1.82, 2.24) is 24.7 Å². The molecule has 4 rings (SSSR count). The highest BCUT2D eigenvalue weighted by Crippen LogP contribution is 2.27. The van der Waals surface area contributed by atoms with E-state index >= 15 is 0 Å². The molecule has 3 heterocycles. The fourth-order valence-corrected chi connectivity index (χ4v) is 4.65. The molecule has 0 fully saturated rings. The van der Waals surface area contributed by atoms with Crippen molar-refractivity contribution in [3.63, 3.8) is 0 Å². The number of hydrogen-bond donors (Lipinski definition) is 2. The average Bonchev–Trinajstić information content (AvgIpc) is 3.22. The summed E-state index contributed by atoms with van der Waals surface area (Å²) in [6, 6.07) is 0. The number of rotatable bonds is 5. The Morgan fingerprint density at radius 2 is 2.07 bits per heavy atom. The minimum Gasteiger partial charge on any atom is -0.356 e. The van der Waals surface area contributed by atoms with E-state index in [2.05, 4.69) is 20.4 Å². The standard InChI is InChI=1S/C19H26N6OS/c1-19(2,3)25-16-12(11-21-25)17(26)24-18(23-16)20-10-6-9-15-22-13-7-4-5-8-14(13)27-15/h11H,4-10H2,1-3H3,(H2,20,23,24,26). The van der Waals surface area contributed by atoms with Crippen molar-refractivity contribution in [2.45, 2.75) is 64.8 Å². The lowest BCUT2D eigenvalue weighted by atomic mass is 10.0. The average molecular weight is 387 g/mol.